The first-order chi connectivity index (χ1) is 11.6. The van der Waals surface area contributed by atoms with Crippen LogP contribution in [0.15, 0.2) is 33.8 Å². The van der Waals surface area contributed by atoms with E-state index in [2.05, 4.69) is 25.8 Å². The fourth-order valence-electron chi connectivity index (χ4n) is 2.00. The summed E-state index contributed by atoms with van der Waals surface area (Å²) in [5.74, 6) is 1.29. The molecule has 0 saturated carbocycles. The van der Waals surface area contributed by atoms with Gasteiger partial charge in [-0.2, -0.15) is 4.98 Å². The Morgan fingerprint density at radius 1 is 1.28 bits per heavy atom. The molecule has 138 valence electrons. The lowest BCUT2D eigenvalue weighted by atomic mass is 10.2. The molecule has 7 nitrogen and oxygen atoms in total. The number of benzene rings is 1. The Morgan fingerprint density at radius 2 is 1.96 bits per heavy atom. The predicted octanol–water partition coefficient (Wildman–Crippen LogP) is 2.79. The number of nitrogens with one attached hydrogen (secondary N) is 2. The number of ether oxygens (including phenoxy) is 1. The molecule has 0 aliphatic heterocycles. The van der Waals surface area contributed by atoms with Gasteiger partial charge in [-0.25, -0.2) is 4.39 Å². The van der Waals surface area contributed by atoms with Gasteiger partial charge in [0, 0.05) is 20.2 Å². The number of rotatable bonds is 7. The van der Waals surface area contributed by atoms with Crippen LogP contribution in [0.25, 0.3) is 0 Å². The first-order valence-electron chi connectivity index (χ1n) is 7.75. The van der Waals surface area contributed by atoms with Crippen LogP contribution >= 0.6 is 24.0 Å². The Bertz CT molecular complexity index is 663. The Balaban J connectivity index is 0.00000312. The third-order valence-electron chi connectivity index (χ3n) is 3.27. The number of guanidine groups is 1. The summed E-state index contributed by atoms with van der Waals surface area (Å²) in [6, 6.07) is 6.28. The molecule has 2 rings (SSSR count). The molecule has 0 radical (unpaired) electrons. The maximum absolute atomic E-state index is 12.9. The van der Waals surface area contributed by atoms with Gasteiger partial charge in [0.2, 0.25) is 5.89 Å². The zero-order chi connectivity index (χ0) is 17.4. The zero-order valence-electron chi connectivity index (χ0n) is 14.5. The minimum absolute atomic E-state index is 0. The molecular formula is C16H23FIN5O2. The van der Waals surface area contributed by atoms with E-state index in [0.29, 0.717) is 37.4 Å². The first-order valence-corrected chi connectivity index (χ1v) is 7.75. The van der Waals surface area contributed by atoms with Crippen molar-refractivity contribution in [3.63, 3.8) is 0 Å². The summed E-state index contributed by atoms with van der Waals surface area (Å²) in [7, 11) is 1.66. The SMILES string of the molecule is CCOC(C)c1noc(CNC(=NC)NCc2ccc(F)cc2)n1.I. The highest BCUT2D eigenvalue weighted by Crippen LogP contribution is 2.12. The highest BCUT2D eigenvalue weighted by atomic mass is 127. The van der Waals surface area contributed by atoms with Crippen LogP contribution in [0.2, 0.25) is 0 Å². The van der Waals surface area contributed by atoms with Gasteiger partial charge in [0.05, 0.1) is 6.54 Å². The molecule has 0 fully saturated rings. The second-order valence-electron chi connectivity index (χ2n) is 5.05. The molecule has 1 atom stereocenters. The van der Waals surface area contributed by atoms with E-state index in [0.717, 1.165) is 5.56 Å². The molecule has 2 N–H and O–H groups in total. The Labute approximate surface area is 163 Å². The third-order valence-corrected chi connectivity index (χ3v) is 3.27. The summed E-state index contributed by atoms with van der Waals surface area (Å²) in [5, 5.41) is 10.1. The summed E-state index contributed by atoms with van der Waals surface area (Å²) in [6.07, 6.45) is -0.205. The smallest absolute Gasteiger partial charge is 0.246 e. The molecule has 25 heavy (non-hydrogen) atoms. The molecule has 0 aliphatic rings. The van der Waals surface area contributed by atoms with Crippen molar-refractivity contribution in [3.05, 3.63) is 47.4 Å². The molecule has 0 bridgehead atoms. The van der Waals surface area contributed by atoms with E-state index in [1.165, 1.54) is 12.1 Å². The Hall–Kier alpha value is -1.75. The van der Waals surface area contributed by atoms with Gasteiger partial charge in [-0.15, -0.1) is 24.0 Å². The van der Waals surface area contributed by atoms with Crippen LogP contribution < -0.4 is 10.6 Å². The van der Waals surface area contributed by atoms with Crippen LogP contribution in [0.4, 0.5) is 4.39 Å². The largest absolute Gasteiger partial charge is 0.371 e. The molecule has 1 unspecified atom stereocenters. The van der Waals surface area contributed by atoms with Crippen molar-refractivity contribution in [1.82, 2.24) is 20.8 Å². The molecule has 1 heterocycles. The average Bonchev–Trinajstić information content (AvgIpc) is 3.06. The Morgan fingerprint density at radius 3 is 2.60 bits per heavy atom. The number of aromatic nitrogens is 2. The lowest BCUT2D eigenvalue weighted by Gasteiger charge is -2.10. The van der Waals surface area contributed by atoms with Crippen molar-refractivity contribution < 1.29 is 13.7 Å². The van der Waals surface area contributed by atoms with Crippen molar-refractivity contribution in [1.29, 1.82) is 0 Å². The van der Waals surface area contributed by atoms with Crippen molar-refractivity contribution in [2.75, 3.05) is 13.7 Å². The maximum Gasteiger partial charge on any atom is 0.246 e. The number of nitrogens with zero attached hydrogens (tertiary/aromatic N) is 3. The topological polar surface area (TPSA) is 84.6 Å². The second-order valence-corrected chi connectivity index (χ2v) is 5.05. The molecule has 0 aliphatic carbocycles. The van der Waals surface area contributed by atoms with Gasteiger partial charge in [0.25, 0.3) is 0 Å². The van der Waals surface area contributed by atoms with E-state index in [-0.39, 0.29) is 35.9 Å². The van der Waals surface area contributed by atoms with Crippen molar-refractivity contribution in [2.45, 2.75) is 33.0 Å². The summed E-state index contributed by atoms with van der Waals surface area (Å²) in [5.41, 5.74) is 0.949. The maximum atomic E-state index is 12.9. The molecule has 0 spiro atoms. The van der Waals surface area contributed by atoms with Crippen LogP contribution in [-0.4, -0.2) is 29.8 Å². The van der Waals surface area contributed by atoms with E-state index in [1.54, 1.807) is 19.2 Å². The molecule has 2 aromatic rings. The fraction of sp³-hybridized carbons (Fsp3) is 0.438. The van der Waals surface area contributed by atoms with E-state index >= 15 is 0 Å². The molecule has 0 saturated heterocycles. The van der Waals surface area contributed by atoms with E-state index in [4.69, 9.17) is 9.26 Å². The lowest BCUT2D eigenvalue weighted by molar-refractivity contribution is 0.0683. The van der Waals surface area contributed by atoms with Gasteiger partial charge in [0.1, 0.15) is 11.9 Å². The molecule has 0 amide bonds. The van der Waals surface area contributed by atoms with Gasteiger partial charge >= 0.3 is 0 Å². The summed E-state index contributed by atoms with van der Waals surface area (Å²) in [6.45, 7) is 5.24. The molecule has 1 aromatic heterocycles. The first kappa shape index (κ1) is 21.3. The van der Waals surface area contributed by atoms with E-state index < -0.39 is 0 Å². The highest BCUT2D eigenvalue weighted by molar-refractivity contribution is 14.0. The van der Waals surface area contributed by atoms with Gasteiger partial charge in [-0.1, -0.05) is 17.3 Å². The van der Waals surface area contributed by atoms with Crippen molar-refractivity contribution in [3.8, 4) is 0 Å². The lowest BCUT2D eigenvalue weighted by Crippen LogP contribution is -2.36. The predicted molar refractivity (Wildman–Crippen MR) is 103 cm³/mol. The molecular weight excluding hydrogens is 440 g/mol. The minimum Gasteiger partial charge on any atom is -0.371 e. The normalized spacial score (nSPS) is 12.4. The average molecular weight is 463 g/mol. The Kier molecular flexibility index (Phi) is 9.35. The standard InChI is InChI=1S/C16H22FN5O2.HI/c1-4-23-11(2)15-21-14(24-22-15)10-20-16(18-3)19-9-12-5-7-13(17)8-6-12;/h5-8,11H,4,9-10H2,1-3H3,(H2,18,19,20);1H. The van der Waals surface area contributed by atoms with Crippen molar-refractivity contribution in [2.24, 2.45) is 4.99 Å². The van der Waals surface area contributed by atoms with Crippen LogP contribution in [0.1, 0.15) is 37.2 Å². The van der Waals surface area contributed by atoms with Crippen molar-refractivity contribution >= 4 is 29.9 Å². The summed E-state index contributed by atoms with van der Waals surface area (Å²) in [4.78, 5) is 8.39. The summed E-state index contributed by atoms with van der Waals surface area (Å²) >= 11 is 0. The number of aliphatic imine (C=N–C) groups is 1. The van der Waals surface area contributed by atoms with Gasteiger partial charge in [0.15, 0.2) is 11.8 Å². The van der Waals surface area contributed by atoms with Gasteiger partial charge in [-0.05, 0) is 31.5 Å². The van der Waals surface area contributed by atoms with E-state index in [1.807, 2.05) is 13.8 Å². The fourth-order valence-corrected chi connectivity index (χ4v) is 2.00. The van der Waals surface area contributed by atoms with Gasteiger partial charge in [-0.3, -0.25) is 4.99 Å². The monoisotopic (exact) mass is 463 g/mol. The van der Waals surface area contributed by atoms with Crippen LogP contribution in [-0.2, 0) is 17.8 Å². The summed E-state index contributed by atoms with van der Waals surface area (Å²) < 4.78 is 23.5. The quantitative estimate of drug-likeness (QED) is 0.373. The van der Waals surface area contributed by atoms with Gasteiger partial charge < -0.3 is 19.9 Å². The number of halogens is 2. The second kappa shape index (κ2) is 11.0. The highest BCUT2D eigenvalue weighted by Gasteiger charge is 2.13. The third kappa shape index (κ3) is 6.94. The van der Waals surface area contributed by atoms with E-state index in [9.17, 15) is 4.39 Å². The minimum atomic E-state index is -0.255. The number of hydrogen-bond acceptors (Lipinski definition) is 5. The zero-order valence-corrected chi connectivity index (χ0v) is 16.8. The van der Waals surface area contributed by atoms with Crippen LogP contribution in [0.3, 0.4) is 0 Å². The van der Waals surface area contributed by atoms with Crippen LogP contribution in [0, 0.1) is 5.82 Å². The molecule has 9 heteroatoms. The molecule has 1 aromatic carbocycles. The van der Waals surface area contributed by atoms with Crippen LogP contribution in [0.5, 0.6) is 0 Å². The number of hydrogen-bond donors (Lipinski definition) is 2.